The summed E-state index contributed by atoms with van der Waals surface area (Å²) >= 11 is 0. The van der Waals surface area contributed by atoms with Crippen molar-refractivity contribution >= 4 is 12.0 Å². The van der Waals surface area contributed by atoms with E-state index in [2.05, 4.69) is 15.4 Å². The summed E-state index contributed by atoms with van der Waals surface area (Å²) in [6.45, 7) is 0.293. The van der Waals surface area contributed by atoms with Crippen LogP contribution in [0.15, 0.2) is 11.8 Å². The lowest BCUT2D eigenvalue weighted by Gasteiger charge is -2.04. The summed E-state index contributed by atoms with van der Waals surface area (Å²) in [4.78, 5) is 22.0. The van der Waals surface area contributed by atoms with Crippen molar-refractivity contribution < 1.29 is 14.3 Å². The molecule has 0 atom stereocenters. The number of nitrogens with one attached hydrogen (secondary N) is 2. The van der Waals surface area contributed by atoms with E-state index < -0.39 is 0 Å². The predicted octanol–water partition coefficient (Wildman–Crippen LogP) is 1.31. The zero-order valence-electron chi connectivity index (χ0n) is 9.54. The average Bonchev–Trinajstić information content (AvgIpc) is 2.79. The Hall–Kier alpha value is -1.52. The molecular weight excluding hydrogens is 208 g/mol. The number of urea groups is 1. The van der Waals surface area contributed by atoms with Crippen LogP contribution in [0.4, 0.5) is 4.79 Å². The number of carbonyl (C=O) groups is 2. The lowest BCUT2D eigenvalue weighted by atomic mass is 10.2. The van der Waals surface area contributed by atoms with Crippen LogP contribution < -0.4 is 10.6 Å². The van der Waals surface area contributed by atoms with Crippen LogP contribution in [0.5, 0.6) is 0 Å². The van der Waals surface area contributed by atoms with Crippen LogP contribution in [0.25, 0.3) is 0 Å². The minimum absolute atomic E-state index is 0.195. The van der Waals surface area contributed by atoms with E-state index in [1.54, 1.807) is 6.20 Å². The average molecular weight is 226 g/mol. The highest BCUT2D eigenvalue weighted by molar-refractivity contribution is 5.76. The Morgan fingerprint density at radius 1 is 1.38 bits per heavy atom. The first-order valence-electron chi connectivity index (χ1n) is 5.51. The third-order valence-electron chi connectivity index (χ3n) is 2.50. The topological polar surface area (TPSA) is 67.4 Å². The first-order valence-corrected chi connectivity index (χ1v) is 5.51. The third kappa shape index (κ3) is 4.82. The van der Waals surface area contributed by atoms with Crippen LogP contribution in [0.2, 0.25) is 0 Å². The van der Waals surface area contributed by atoms with Gasteiger partial charge in [-0.15, -0.1) is 0 Å². The van der Waals surface area contributed by atoms with Crippen LogP contribution in [-0.2, 0) is 9.53 Å². The number of amides is 2. The lowest BCUT2D eigenvalue weighted by Crippen LogP contribution is -2.33. The van der Waals surface area contributed by atoms with Crippen LogP contribution >= 0.6 is 0 Å². The first-order chi connectivity index (χ1) is 7.72. The van der Waals surface area contributed by atoms with Gasteiger partial charge in [-0.3, -0.25) is 4.79 Å². The summed E-state index contributed by atoms with van der Waals surface area (Å²) in [6.07, 6.45) is 6.51. The highest BCUT2D eigenvalue weighted by atomic mass is 16.5. The third-order valence-corrected chi connectivity index (χ3v) is 2.50. The van der Waals surface area contributed by atoms with Crippen molar-refractivity contribution in [3.63, 3.8) is 0 Å². The Morgan fingerprint density at radius 2 is 2.06 bits per heavy atom. The van der Waals surface area contributed by atoms with E-state index in [4.69, 9.17) is 0 Å². The fraction of sp³-hybridized carbons (Fsp3) is 0.636. The largest absolute Gasteiger partial charge is 0.469 e. The summed E-state index contributed by atoms with van der Waals surface area (Å²) in [7, 11) is 1.33. The summed E-state index contributed by atoms with van der Waals surface area (Å²) in [5, 5.41) is 5.23. The number of methoxy groups -OCH3 is 1. The zero-order valence-corrected chi connectivity index (χ0v) is 9.54. The van der Waals surface area contributed by atoms with Crippen molar-refractivity contribution in [2.45, 2.75) is 32.1 Å². The van der Waals surface area contributed by atoms with Gasteiger partial charge in [-0.05, 0) is 25.7 Å². The van der Waals surface area contributed by atoms with Crippen LogP contribution in [0, 0.1) is 0 Å². The van der Waals surface area contributed by atoms with Crippen LogP contribution in [0.1, 0.15) is 32.1 Å². The smallest absolute Gasteiger partial charge is 0.318 e. The number of hydrogen-bond acceptors (Lipinski definition) is 3. The second kappa shape index (κ2) is 6.87. The van der Waals surface area contributed by atoms with Crippen molar-refractivity contribution in [2.24, 2.45) is 0 Å². The van der Waals surface area contributed by atoms with Gasteiger partial charge in [0.2, 0.25) is 0 Å². The number of rotatable bonds is 4. The molecule has 0 unspecified atom stereocenters. The molecule has 1 saturated carbocycles. The molecule has 5 heteroatoms. The maximum atomic E-state index is 11.3. The van der Waals surface area contributed by atoms with E-state index in [-0.39, 0.29) is 18.4 Å². The van der Waals surface area contributed by atoms with Gasteiger partial charge in [0.25, 0.3) is 0 Å². The molecule has 1 aliphatic carbocycles. The molecule has 0 heterocycles. The van der Waals surface area contributed by atoms with Gasteiger partial charge in [0, 0.05) is 12.7 Å². The Labute approximate surface area is 95.2 Å². The second-order valence-electron chi connectivity index (χ2n) is 3.74. The van der Waals surface area contributed by atoms with Crippen molar-refractivity contribution in [1.29, 1.82) is 0 Å². The Morgan fingerprint density at radius 3 is 2.69 bits per heavy atom. The van der Waals surface area contributed by atoms with Gasteiger partial charge in [-0.25, -0.2) is 4.79 Å². The Kier molecular flexibility index (Phi) is 5.39. The molecule has 5 nitrogen and oxygen atoms in total. The van der Waals surface area contributed by atoms with Gasteiger partial charge < -0.3 is 15.4 Å². The number of carbonyl (C=O) groups excluding carboxylic acids is 2. The van der Waals surface area contributed by atoms with Gasteiger partial charge in [-0.1, -0.05) is 5.57 Å². The van der Waals surface area contributed by atoms with E-state index in [9.17, 15) is 9.59 Å². The minimum Gasteiger partial charge on any atom is -0.469 e. The van der Waals surface area contributed by atoms with Gasteiger partial charge >= 0.3 is 12.0 Å². The maximum Gasteiger partial charge on any atom is 0.318 e. The summed E-state index contributed by atoms with van der Waals surface area (Å²) in [6, 6.07) is -0.275. The standard InChI is InChI=1S/C11H18N2O3/c1-16-10(14)6-7-12-11(15)13-8-9-4-2-3-5-9/h8H,2-7H2,1H3,(H2,12,13,15). The van der Waals surface area contributed by atoms with Crippen molar-refractivity contribution in [2.75, 3.05) is 13.7 Å². The minimum atomic E-state index is -0.325. The number of allylic oxidation sites excluding steroid dienone is 1. The van der Waals surface area contributed by atoms with Crippen LogP contribution in [-0.4, -0.2) is 25.7 Å². The van der Waals surface area contributed by atoms with Gasteiger partial charge in [-0.2, -0.15) is 0 Å². The molecule has 1 fully saturated rings. The maximum absolute atomic E-state index is 11.3. The molecule has 2 N–H and O–H groups in total. The molecule has 0 aromatic heterocycles. The van der Waals surface area contributed by atoms with E-state index >= 15 is 0 Å². The lowest BCUT2D eigenvalue weighted by molar-refractivity contribution is -0.140. The number of esters is 1. The highest BCUT2D eigenvalue weighted by Gasteiger charge is 2.07. The van der Waals surface area contributed by atoms with E-state index in [1.165, 1.54) is 25.5 Å². The number of ether oxygens (including phenoxy) is 1. The quantitative estimate of drug-likeness (QED) is 0.710. The van der Waals surface area contributed by atoms with Gasteiger partial charge in [0.1, 0.15) is 0 Å². The van der Waals surface area contributed by atoms with Crippen LogP contribution in [0.3, 0.4) is 0 Å². The molecule has 0 aromatic carbocycles. The van der Waals surface area contributed by atoms with Crippen molar-refractivity contribution in [1.82, 2.24) is 10.6 Å². The highest BCUT2D eigenvalue weighted by Crippen LogP contribution is 2.22. The first kappa shape index (κ1) is 12.5. The fourth-order valence-corrected chi connectivity index (χ4v) is 1.57. The second-order valence-corrected chi connectivity index (χ2v) is 3.74. The predicted molar refractivity (Wildman–Crippen MR) is 59.7 cm³/mol. The Bertz CT molecular complexity index is 279. The van der Waals surface area contributed by atoms with Crippen molar-refractivity contribution in [3.05, 3.63) is 11.8 Å². The molecule has 90 valence electrons. The fourth-order valence-electron chi connectivity index (χ4n) is 1.57. The Balaban J connectivity index is 2.11. The van der Waals surface area contributed by atoms with E-state index in [1.807, 2.05) is 0 Å². The molecule has 0 bridgehead atoms. The molecular formula is C11H18N2O3. The molecule has 0 aromatic rings. The van der Waals surface area contributed by atoms with Gasteiger partial charge in [0.05, 0.1) is 13.5 Å². The molecule has 0 spiro atoms. The molecule has 0 saturated heterocycles. The van der Waals surface area contributed by atoms with E-state index in [0.717, 1.165) is 12.8 Å². The summed E-state index contributed by atoms with van der Waals surface area (Å²) < 4.78 is 4.45. The summed E-state index contributed by atoms with van der Waals surface area (Å²) in [5.74, 6) is -0.325. The molecule has 2 amide bonds. The SMILES string of the molecule is COC(=O)CCNC(=O)NC=C1CCCC1. The zero-order chi connectivity index (χ0) is 11.8. The summed E-state index contributed by atoms with van der Waals surface area (Å²) in [5.41, 5.74) is 1.28. The van der Waals surface area contributed by atoms with E-state index in [0.29, 0.717) is 6.54 Å². The monoisotopic (exact) mass is 226 g/mol. The normalized spacial score (nSPS) is 14.4. The number of hydrogen-bond donors (Lipinski definition) is 2. The molecule has 16 heavy (non-hydrogen) atoms. The van der Waals surface area contributed by atoms with Crippen molar-refractivity contribution in [3.8, 4) is 0 Å². The molecule has 1 rings (SSSR count). The molecule has 0 radical (unpaired) electrons. The van der Waals surface area contributed by atoms with Gasteiger partial charge in [0.15, 0.2) is 0 Å². The molecule has 1 aliphatic rings. The molecule has 0 aliphatic heterocycles.